The van der Waals surface area contributed by atoms with Crippen LogP contribution < -0.4 is 0 Å². The van der Waals surface area contributed by atoms with E-state index in [-0.39, 0.29) is 11.6 Å². The van der Waals surface area contributed by atoms with Crippen molar-refractivity contribution >= 4 is 5.69 Å². The van der Waals surface area contributed by atoms with E-state index >= 15 is 0 Å². The number of nitro groups is 1. The van der Waals surface area contributed by atoms with Crippen molar-refractivity contribution < 1.29 is 9.31 Å². The maximum absolute atomic E-state index is 12.4. The molecule has 0 heterocycles. The summed E-state index contributed by atoms with van der Waals surface area (Å²) in [6, 6.07) is 4.82. The van der Waals surface area contributed by atoms with Crippen LogP contribution in [0.25, 0.3) is 0 Å². The van der Waals surface area contributed by atoms with Crippen LogP contribution in [0.15, 0.2) is 18.2 Å². The van der Waals surface area contributed by atoms with Crippen molar-refractivity contribution in [3.63, 3.8) is 0 Å². The quantitative estimate of drug-likeness (QED) is 0.579. The summed E-state index contributed by atoms with van der Waals surface area (Å²) < 4.78 is 12.4. The first-order valence-electron chi connectivity index (χ1n) is 5.14. The number of alkyl halides is 1. The highest BCUT2D eigenvalue weighted by Crippen LogP contribution is 2.29. The van der Waals surface area contributed by atoms with Crippen molar-refractivity contribution in [1.82, 2.24) is 0 Å². The monoisotopic (exact) mass is 224 g/mol. The third kappa shape index (κ3) is 2.56. The van der Waals surface area contributed by atoms with Gasteiger partial charge in [0.2, 0.25) is 0 Å². The number of halogens is 1. The highest BCUT2D eigenvalue weighted by Gasteiger charge is 2.18. The lowest BCUT2D eigenvalue weighted by atomic mass is 9.95. The van der Waals surface area contributed by atoms with E-state index < -0.39 is 17.5 Å². The fourth-order valence-electron chi connectivity index (χ4n) is 1.55. The number of hydrogen-bond donors (Lipinski definition) is 0. The van der Waals surface area contributed by atoms with Gasteiger partial charge in [0.25, 0.3) is 5.69 Å². The molecule has 0 aromatic heterocycles. The van der Waals surface area contributed by atoms with Gasteiger partial charge in [-0.15, -0.1) is 0 Å². The van der Waals surface area contributed by atoms with E-state index in [0.29, 0.717) is 11.1 Å². The largest absolute Gasteiger partial charge is 0.273 e. The Balaban J connectivity index is 3.23. The molecule has 0 fully saturated rings. The average Bonchev–Trinajstić information content (AvgIpc) is 2.26. The lowest BCUT2D eigenvalue weighted by molar-refractivity contribution is -0.385. The highest BCUT2D eigenvalue weighted by molar-refractivity contribution is 5.46. The minimum absolute atomic E-state index is 0.0506. The molecule has 1 aromatic rings. The van der Waals surface area contributed by atoms with Gasteiger partial charge in [0.05, 0.1) is 11.6 Å². The predicted molar refractivity (Wildman–Crippen MR) is 61.3 cm³/mol. The van der Waals surface area contributed by atoms with Crippen molar-refractivity contribution in [3.05, 3.63) is 46.4 Å². The number of hydrogen-bond acceptors (Lipinski definition) is 2. The molecule has 0 saturated carbocycles. The topological polar surface area (TPSA) is 43.1 Å². The van der Waals surface area contributed by atoms with E-state index in [9.17, 15) is 14.5 Å². The molecule has 4 heteroatoms. The van der Waals surface area contributed by atoms with Crippen molar-refractivity contribution in [2.45, 2.75) is 25.7 Å². The van der Waals surface area contributed by atoms with Gasteiger partial charge in [0.15, 0.2) is 0 Å². The van der Waals surface area contributed by atoms with Crippen molar-refractivity contribution in [3.8, 4) is 0 Å². The van der Waals surface area contributed by atoms with Gasteiger partial charge in [-0.05, 0) is 18.4 Å². The van der Waals surface area contributed by atoms with E-state index in [0.717, 1.165) is 0 Å². The zero-order valence-corrected chi connectivity index (χ0v) is 9.44. The van der Waals surface area contributed by atoms with Crippen LogP contribution in [0.2, 0.25) is 0 Å². The molecule has 0 bridgehead atoms. The van der Waals surface area contributed by atoms with E-state index in [4.69, 9.17) is 0 Å². The normalized spacial score (nSPS) is 12.8. The van der Waals surface area contributed by atoms with Crippen LogP contribution in [0.4, 0.5) is 10.1 Å². The summed E-state index contributed by atoms with van der Waals surface area (Å²) in [7, 11) is 0. The Morgan fingerprint density at radius 2 is 2.12 bits per heavy atom. The van der Waals surface area contributed by atoms with Crippen LogP contribution in [0.5, 0.6) is 0 Å². The van der Waals surface area contributed by atoms with Crippen LogP contribution >= 0.6 is 0 Å². The molecule has 0 aliphatic carbocycles. The Hall–Kier alpha value is -1.45. The second-order valence-electron chi connectivity index (χ2n) is 4.08. The highest BCUT2D eigenvalue weighted by atomic mass is 19.1. The Bertz CT molecular complexity index is 391. The predicted octanol–water partition coefficient (Wildman–Crippen LogP) is 3.61. The molecule has 1 atom stereocenters. The Morgan fingerprint density at radius 1 is 1.50 bits per heavy atom. The number of rotatable bonds is 4. The van der Waals surface area contributed by atoms with Crippen LogP contribution in [-0.2, 0) is 0 Å². The molecular formula is C12H15FNO2. The van der Waals surface area contributed by atoms with Crippen molar-refractivity contribution in [2.24, 2.45) is 0 Å². The van der Waals surface area contributed by atoms with Gasteiger partial charge in [-0.3, -0.25) is 14.5 Å². The summed E-state index contributed by atoms with van der Waals surface area (Å²) in [4.78, 5) is 10.5. The van der Waals surface area contributed by atoms with Gasteiger partial charge < -0.3 is 0 Å². The molecule has 0 spiro atoms. The smallest absolute Gasteiger partial charge is 0.258 e. The molecule has 1 unspecified atom stereocenters. The first kappa shape index (κ1) is 12.6. The molecule has 0 amide bonds. The first-order valence-corrected chi connectivity index (χ1v) is 5.14. The zero-order valence-electron chi connectivity index (χ0n) is 9.44. The van der Waals surface area contributed by atoms with E-state index in [1.807, 2.05) is 13.8 Å². The molecule has 87 valence electrons. The molecule has 0 N–H and O–H groups in total. The molecule has 1 radical (unpaired) electrons. The second kappa shape index (κ2) is 5.05. The maximum Gasteiger partial charge on any atom is 0.273 e. The SMILES string of the molecule is [CH2]C(CF)c1ccc(C(C)C)c([N+](=O)[O-])c1. The van der Waals surface area contributed by atoms with Gasteiger partial charge in [-0.2, -0.15) is 0 Å². The standard InChI is InChI=1S/C12H15FNO2/c1-8(2)11-5-4-10(9(3)7-13)6-12(11)14(15)16/h4-6,8-9H,3,7H2,1-2H3. The Morgan fingerprint density at radius 3 is 2.56 bits per heavy atom. The Labute approximate surface area is 94.4 Å². The summed E-state index contributed by atoms with van der Waals surface area (Å²) in [5.74, 6) is -0.469. The zero-order chi connectivity index (χ0) is 12.3. The fourth-order valence-corrected chi connectivity index (χ4v) is 1.55. The van der Waals surface area contributed by atoms with Gasteiger partial charge >= 0.3 is 0 Å². The van der Waals surface area contributed by atoms with E-state index in [1.165, 1.54) is 6.07 Å². The molecule has 0 aliphatic heterocycles. The molecular weight excluding hydrogens is 209 g/mol. The second-order valence-corrected chi connectivity index (χ2v) is 4.08. The lowest BCUT2D eigenvalue weighted by Gasteiger charge is -2.11. The van der Waals surface area contributed by atoms with E-state index in [1.54, 1.807) is 12.1 Å². The van der Waals surface area contributed by atoms with Gasteiger partial charge in [-0.1, -0.05) is 26.0 Å². The fraction of sp³-hybridized carbons (Fsp3) is 0.417. The van der Waals surface area contributed by atoms with Crippen molar-refractivity contribution in [1.29, 1.82) is 0 Å². The first-order chi connectivity index (χ1) is 7.47. The summed E-state index contributed by atoms with van der Waals surface area (Å²) in [6.07, 6.45) is 0. The summed E-state index contributed by atoms with van der Waals surface area (Å²) in [5.41, 5.74) is 1.29. The van der Waals surface area contributed by atoms with Crippen LogP contribution in [0.3, 0.4) is 0 Å². The molecule has 0 aliphatic rings. The van der Waals surface area contributed by atoms with Crippen LogP contribution in [0, 0.1) is 17.0 Å². The van der Waals surface area contributed by atoms with Gasteiger partial charge in [0.1, 0.15) is 0 Å². The summed E-state index contributed by atoms with van der Waals surface area (Å²) in [6.45, 7) is 6.77. The maximum atomic E-state index is 12.4. The number of benzene rings is 1. The van der Waals surface area contributed by atoms with Gasteiger partial charge in [-0.25, -0.2) is 0 Å². The van der Waals surface area contributed by atoms with E-state index in [2.05, 4.69) is 6.92 Å². The average molecular weight is 224 g/mol. The molecule has 16 heavy (non-hydrogen) atoms. The molecule has 1 rings (SSSR count). The molecule has 3 nitrogen and oxygen atoms in total. The van der Waals surface area contributed by atoms with Crippen LogP contribution in [0.1, 0.15) is 36.8 Å². The molecule has 1 aromatic carbocycles. The third-order valence-electron chi connectivity index (χ3n) is 2.53. The summed E-state index contributed by atoms with van der Waals surface area (Å²) >= 11 is 0. The van der Waals surface area contributed by atoms with Gasteiger partial charge in [0, 0.05) is 17.5 Å². The molecule has 0 saturated heterocycles. The lowest BCUT2D eigenvalue weighted by Crippen LogP contribution is -2.02. The minimum atomic E-state index is -0.613. The van der Waals surface area contributed by atoms with Crippen molar-refractivity contribution in [2.75, 3.05) is 6.67 Å². The number of nitro benzene ring substituents is 1. The Kier molecular flexibility index (Phi) is 3.99. The minimum Gasteiger partial charge on any atom is -0.258 e. The van der Waals surface area contributed by atoms with Crippen LogP contribution in [-0.4, -0.2) is 11.6 Å². The third-order valence-corrected chi connectivity index (χ3v) is 2.53. The summed E-state index contributed by atoms with van der Waals surface area (Å²) in [5, 5.41) is 10.9. The number of nitrogens with zero attached hydrogens (tertiary/aromatic N) is 1.